The van der Waals surface area contributed by atoms with Crippen molar-refractivity contribution in [3.05, 3.63) is 83.9 Å². The average Bonchev–Trinajstić information content (AvgIpc) is 3.41. The molecule has 1 saturated heterocycles. The number of rotatable bonds is 12. The number of alkyl halides is 5. The van der Waals surface area contributed by atoms with Crippen LogP contribution in [0.1, 0.15) is 40.9 Å². The zero-order valence-corrected chi connectivity index (χ0v) is 24.0. The van der Waals surface area contributed by atoms with Crippen molar-refractivity contribution >= 4 is 15.7 Å². The van der Waals surface area contributed by atoms with E-state index in [4.69, 9.17) is 4.74 Å². The standard InChI is InChI=1S/C28H29F5N4O6S/c1-2-44(40,41)23-9-3-17(4-10-23)24(36-25(38)18-12-34-16-35-13-18)26(39)37-14-22(11-20(37)15-42-27(29)30)43-21-7-5-19(6-8-21)28(31,32)33/h3-10,12-13,16,20,22,24,26-27,39H,2,11,14-15H2,1H3,(H,36,38)/t20-,22-,24+,26?/m0/s1. The second-order valence-corrected chi connectivity index (χ2v) is 12.2. The SMILES string of the molecule is CCS(=O)(=O)c1ccc([C@@H](NC(=O)c2cncnc2)C(O)N2C[C@@H](Oc3ccc(C(F)(F)F)cc3)C[C@H]2COC(F)F)cc1. The van der Waals surface area contributed by atoms with Crippen molar-refractivity contribution in [1.29, 1.82) is 0 Å². The molecule has 1 aliphatic heterocycles. The van der Waals surface area contributed by atoms with Gasteiger partial charge in [0.15, 0.2) is 9.84 Å². The highest BCUT2D eigenvalue weighted by Crippen LogP contribution is 2.33. The summed E-state index contributed by atoms with van der Waals surface area (Å²) in [6, 6.07) is 7.33. The maximum atomic E-state index is 13.1. The predicted octanol–water partition coefficient (Wildman–Crippen LogP) is 3.84. The van der Waals surface area contributed by atoms with E-state index in [0.29, 0.717) is 5.56 Å². The molecule has 1 fully saturated rings. The fourth-order valence-electron chi connectivity index (χ4n) is 4.78. The van der Waals surface area contributed by atoms with Gasteiger partial charge in [-0.3, -0.25) is 9.69 Å². The molecule has 10 nitrogen and oxygen atoms in total. The Balaban J connectivity index is 1.62. The maximum Gasteiger partial charge on any atom is 0.416 e. The minimum Gasteiger partial charge on any atom is -0.489 e. The van der Waals surface area contributed by atoms with Crippen molar-refractivity contribution in [3.63, 3.8) is 0 Å². The number of likely N-dealkylation sites (tertiary alicyclic amines) is 1. The van der Waals surface area contributed by atoms with Crippen LogP contribution in [0.3, 0.4) is 0 Å². The van der Waals surface area contributed by atoms with E-state index in [1.807, 2.05) is 0 Å². The van der Waals surface area contributed by atoms with Crippen molar-refractivity contribution in [3.8, 4) is 5.75 Å². The molecule has 44 heavy (non-hydrogen) atoms. The quantitative estimate of drug-likeness (QED) is 0.283. The van der Waals surface area contributed by atoms with E-state index in [1.54, 1.807) is 0 Å². The molecular weight excluding hydrogens is 615 g/mol. The van der Waals surface area contributed by atoms with Gasteiger partial charge in [-0.05, 0) is 42.0 Å². The number of benzene rings is 2. The average molecular weight is 645 g/mol. The van der Waals surface area contributed by atoms with E-state index in [9.17, 15) is 40.3 Å². The summed E-state index contributed by atoms with van der Waals surface area (Å²) >= 11 is 0. The highest BCUT2D eigenvalue weighted by molar-refractivity contribution is 7.91. The van der Waals surface area contributed by atoms with Gasteiger partial charge in [-0.15, -0.1) is 0 Å². The Labute approximate surface area is 249 Å². The highest BCUT2D eigenvalue weighted by Gasteiger charge is 2.41. The second-order valence-electron chi connectivity index (χ2n) is 9.91. The zero-order chi connectivity index (χ0) is 32.1. The van der Waals surface area contributed by atoms with Gasteiger partial charge in [-0.25, -0.2) is 18.4 Å². The third-order valence-electron chi connectivity index (χ3n) is 7.04. The van der Waals surface area contributed by atoms with Crippen LogP contribution >= 0.6 is 0 Å². The van der Waals surface area contributed by atoms with Crippen LogP contribution in [0.4, 0.5) is 22.0 Å². The summed E-state index contributed by atoms with van der Waals surface area (Å²) in [6.07, 6.45) is -3.14. The molecule has 1 aromatic heterocycles. The Bertz CT molecular complexity index is 1500. The topological polar surface area (TPSA) is 131 Å². The number of hydrogen-bond donors (Lipinski definition) is 2. The van der Waals surface area contributed by atoms with Crippen LogP contribution in [0.5, 0.6) is 5.75 Å². The molecule has 0 saturated carbocycles. The van der Waals surface area contributed by atoms with Gasteiger partial charge in [-0.2, -0.15) is 22.0 Å². The summed E-state index contributed by atoms with van der Waals surface area (Å²) in [5.41, 5.74) is -0.535. The van der Waals surface area contributed by atoms with Crippen LogP contribution in [0, 0.1) is 0 Å². The van der Waals surface area contributed by atoms with Crippen LogP contribution in [0.25, 0.3) is 0 Å². The molecule has 4 rings (SSSR count). The molecule has 0 radical (unpaired) electrons. The lowest BCUT2D eigenvalue weighted by Crippen LogP contribution is -2.50. The molecule has 0 spiro atoms. The van der Waals surface area contributed by atoms with E-state index >= 15 is 0 Å². The molecule has 238 valence electrons. The smallest absolute Gasteiger partial charge is 0.416 e. The fourth-order valence-corrected chi connectivity index (χ4v) is 5.67. The van der Waals surface area contributed by atoms with E-state index < -0.39 is 65.1 Å². The minimum absolute atomic E-state index is 0.0224. The molecule has 16 heteroatoms. The number of halogens is 5. The number of carbonyl (C=O) groups is 1. The summed E-state index contributed by atoms with van der Waals surface area (Å²) in [6.45, 7) is -2.26. The van der Waals surface area contributed by atoms with Gasteiger partial charge in [0, 0.05) is 31.4 Å². The normalized spacial score (nSPS) is 19.1. The third kappa shape index (κ3) is 8.25. The summed E-state index contributed by atoms with van der Waals surface area (Å²) in [4.78, 5) is 22.1. The first-order chi connectivity index (χ1) is 20.8. The van der Waals surface area contributed by atoms with Gasteiger partial charge >= 0.3 is 12.8 Å². The predicted molar refractivity (Wildman–Crippen MR) is 145 cm³/mol. The van der Waals surface area contributed by atoms with Crippen molar-refractivity contribution in [2.24, 2.45) is 0 Å². The number of sulfone groups is 1. The maximum absolute atomic E-state index is 13.1. The molecule has 2 heterocycles. The molecule has 1 unspecified atom stereocenters. The monoisotopic (exact) mass is 644 g/mol. The lowest BCUT2D eigenvalue weighted by molar-refractivity contribution is -0.148. The summed E-state index contributed by atoms with van der Waals surface area (Å²) in [5, 5.41) is 14.3. The van der Waals surface area contributed by atoms with Gasteiger partial charge in [-0.1, -0.05) is 19.1 Å². The largest absolute Gasteiger partial charge is 0.489 e. The van der Waals surface area contributed by atoms with Crippen molar-refractivity contribution < 1.29 is 49.7 Å². The summed E-state index contributed by atoms with van der Waals surface area (Å²) in [7, 11) is -3.56. The van der Waals surface area contributed by atoms with Crippen LogP contribution in [-0.2, 0) is 20.8 Å². The van der Waals surface area contributed by atoms with Crippen molar-refractivity contribution in [1.82, 2.24) is 20.2 Å². The van der Waals surface area contributed by atoms with Crippen LogP contribution in [0.2, 0.25) is 0 Å². The van der Waals surface area contributed by atoms with E-state index in [1.165, 1.54) is 54.8 Å². The van der Waals surface area contributed by atoms with Gasteiger partial charge in [0.25, 0.3) is 5.91 Å². The number of amides is 1. The minimum atomic E-state index is -4.55. The number of aliphatic hydroxyl groups is 1. The Morgan fingerprint density at radius 2 is 1.73 bits per heavy atom. The molecule has 2 N–H and O–H groups in total. The Morgan fingerprint density at radius 1 is 1.09 bits per heavy atom. The van der Waals surface area contributed by atoms with Crippen LogP contribution in [-0.4, -0.2) is 78.2 Å². The molecule has 0 bridgehead atoms. The number of nitrogens with zero attached hydrogens (tertiary/aromatic N) is 3. The van der Waals surface area contributed by atoms with E-state index in [0.717, 1.165) is 24.3 Å². The number of nitrogens with one attached hydrogen (secondary N) is 1. The van der Waals surface area contributed by atoms with Crippen LogP contribution < -0.4 is 10.1 Å². The van der Waals surface area contributed by atoms with E-state index in [2.05, 4.69) is 20.0 Å². The lowest BCUT2D eigenvalue weighted by atomic mass is 10.0. The Hall–Kier alpha value is -3.73. The molecule has 2 aromatic carbocycles. The first kappa shape index (κ1) is 33.2. The van der Waals surface area contributed by atoms with Gasteiger partial charge < -0.3 is 19.9 Å². The second kappa shape index (κ2) is 13.9. The zero-order valence-electron chi connectivity index (χ0n) is 23.2. The molecule has 3 aromatic rings. The summed E-state index contributed by atoms with van der Waals surface area (Å²) < 4.78 is 99.9. The molecule has 4 atom stereocenters. The fraction of sp³-hybridized carbons (Fsp3) is 0.393. The van der Waals surface area contributed by atoms with Gasteiger partial charge in [0.2, 0.25) is 0 Å². The molecule has 0 aliphatic carbocycles. The van der Waals surface area contributed by atoms with Gasteiger partial charge in [0.1, 0.15) is 24.4 Å². The van der Waals surface area contributed by atoms with Crippen LogP contribution in [0.15, 0.2) is 72.1 Å². The number of ether oxygens (including phenoxy) is 2. The highest BCUT2D eigenvalue weighted by atomic mass is 32.2. The van der Waals surface area contributed by atoms with E-state index in [-0.39, 0.29) is 34.9 Å². The number of hydrogen-bond acceptors (Lipinski definition) is 9. The molecule has 1 amide bonds. The number of aromatic nitrogens is 2. The first-order valence-corrected chi connectivity index (χ1v) is 15.0. The molecule has 1 aliphatic rings. The number of aliphatic hydroxyl groups excluding tert-OH is 1. The van der Waals surface area contributed by atoms with Crippen molar-refractivity contribution in [2.75, 3.05) is 18.9 Å². The first-order valence-electron chi connectivity index (χ1n) is 13.3. The van der Waals surface area contributed by atoms with Crippen molar-refractivity contribution in [2.45, 2.75) is 55.4 Å². The number of carbonyl (C=O) groups excluding carboxylic acids is 1. The lowest BCUT2D eigenvalue weighted by Gasteiger charge is -2.35. The Kier molecular flexibility index (Phi) is 10.5. The Morgan fingerprint density at radius 3 is 2.30 bits per heavy atom. The third-order valence-corrected chi connectivity index (χ3v) is 8.79. The summed E-state index contributed by atoms with van der Waals surface area (Å²) in [5.74, 6) is -0.741. The van der Waals surface area contributed by atoms with Gasteiger partial charge in [0.05, 0.1) is 34.4 Å². The molecular formula is C28H29F5N4O6S.